The highest BCUT2D eigenvalue weighted by molar-refractivity contribution is 5.86. The zero-order chi connectivity index (χ0) is 14.5. The molecule has 1 atom stereocenters. The van der Waals surface area contributed by atoms with E-state index in [1.807, 2.05) is 24.3 Å². The zero-order valence-corrected chi connectivity index (χ0v) is 11.8. The van der Waals surface area contributed by atoms with Crippen LogP contribution in [0.5, 0.6) is 5.75 Å². The Balaban J connectivity index is 0.000000328. The van der Waals surface area contributed by atoms with Crippen molar-refractivity contribution in [2.75, 3.05) is 13.2 Å². The SMILES string of the molecule is CC(C)O.OCc1cc2c(OCC3CO3)cccc2[nH]1. The van der Waals surface area contributed by atoms with Crippen LogP contribution in [0.1, 0.15) is 19.5 Å². The van der Waals surface area contributed by atoms with Crippen LogP contribution in [0.3, 0.4) is 0 Å². The minimum absolute atomic E-state index is 0.0137. The van der Waals surface area contributed by atoms with E-state index in [9.17, 15) is 0 Å². The first-order valence-corrected chi connectivity index (χ1v) is 6.74. The van der Waals surface area contributed by atoms with Gasteiger partial charge in [0.15, 0.2) is 0 Å². The first kappa shape index (κ1) is 14.8. The number of H-pyrrole nitrogens is 1. The van der Waals surface area contributed by atoms with E-state index in [1.165, 1.54) is 0 Å². The van der Waals surface area contributed by atoms with Crippen LogP contribution in [0.15, 0.2) is 24.3 Å². The van der Waals surface area contributed by atoms with Gasteiger partial charge in [0.1, 0.15) is 18.5 Å². The number of hydrogen-bond acceptors (Lipinski definition) is 4. The van der Waals surface area contributed by atoms with E-state index in [0.717, 1.165) is 29.0 Å². The van der Waals surface area contributed by atoms with Crippen molar-refractivity contribution in [2.45, 2.75) is 32.7 Å². The van der Waals surface area contributed by atoms with Crippen LogP contribution in [0.4, 0.5) is 0 Å². The van der Waals surface area contributed by atoms with Gasteiger partial charge in [0.25, 0.3) is 0 Å². The second-order valence-corrected chi connectivity index (χ2v) is 5.03. The molecule has 1 unspecified atom stereocenters. The number of aliphatic hydroxyl groups is 2. The lowest BCUT2D eigenvalue weighted by atomic mass is 10.2. The molecule has 2 aromatic rings. The maximum Gasteiger partial charge on any atom is 0.128 e. The fourth-order valence-electron chi connectivity index (χ4n) is 1.74. The molecule has 1 aromatic heterocycles. The summed E-state index contributed by atoms with van der Waals surface area (Å²) >= 11 is 0. The highest BCUT2D eigenvalue weighted by Gasteiger charge is 2.23. The highest BCUT2D eigenvalue weighted by atomic mass is 16.6. The van der Waals surface area contributed by atoms with Crippen LogP contribution in [0, 0.1) is 0 Å². The van der Waals surface area contributed by atoms with E-state index in [1.54, 1.807) is 13.8 Å². The molecule has 5 heteroatoms. The Morgan fingerprint density at radius 3 is 2.75 bits per heavy atom. The number of nitrogens with one attached hydrogen (secondary N) is 1. The third kappa shape index (κ3) is 4.23. The van der Waals surface area contributed by atoms with Crippen LogP contribution >= 0.6 is 0 Å². The molecule has 0 amide bonds. The monoisotopic (exact) mass is 279 g/mol. The van der Waals surface area contributed by atoms with Gasteiger partial charge >= 0.3 is 0 Å². The third-order valence-electron chi connectivity index (χ3n) is 2.68. The number of aliphatic hydroxyl groups excluding tert-OH is 2. The molecule has 0 spiro atoms. The van der Waals surface area contributed by atoms with E-state index < -0.39 is 0 Å². The number of aromatic amines is 1. The fraction of sp³-hybridized carbons (Fsp3) is 0.467. The number of hydrogen-bond donors (Lipinski definition) is 3. The molecule has 1 aliphatic heterocycles. The lowest BCUT2D eigenvalue weighted by molar-refractivity contribution is 0.216. The molecule has 1 aromatic carbocycles. The molecule has 1 aliphatic rings. The lowest BCUT2D eigenvalue weighted by Crippen LogP contribution is -2.03. The minimum Gasteiger partial charge on any atom is -0.490 e. The molecule has 0 bridgehead atoms. The van der Waals surface area contributed by atoms with E-state index >= 15 is 0 Å². The van der Waals surface area contributed by atoms with Crippen LogP contribution in [-0.2, 0) is 11.3 Å². The summed E-state index contributed by atoms with van der Waals surface area (Å²) in [6.07, 6.45) is 0.0894. The molecular weight excluding hydrogens is 258 g/mol. The van der Waals surface area contributed by atoms with Gasteiger partial charge in [-0.2, -0.15) is 0 Å². The normalized spacial score (nSPS) is 16.9. The summed E-state index contributed by atoms with van der Waals surface area (Å²) in [4.78, 5) is 3.13. The summed E-state index contributed by atoms with van der Waals surface area (Å²) in [7, 11) is 0. The Kier molecular flexibility index (Phi) is 5.00. The molecule has 0 aliphatic carbocycles. The molecule has 3 rings (SSSR count). The zero-order valence-electron chi connectivity index (χ0n) is 11.8. The third-order valence-corrected chi connectivity index (χ3v) is 2.68. The highest BCUT2D eigenvalue weighted by Crippen LogP contribution is 2.27. The summed E-state index contributed by atoms with van der Waals surface area (Å²) in [5, 5.41) is 18.1. The first-order chi connectivity index (χ1) is 9.60. The summed E-state index contributed by atoms with van der Waals surface area (Å²) in [5.74, 6) is 0.837. The van der Waals surface area contributed by atoms with Gasteiger partial charge in [-0.25, -0.2) is 0 Å². The van der Waals surface area contributed by atoms with Crippen molar-refractivity contribution in [1.82, 2.24) is 4.98 Å². The molecule has 1 saturated heterocycles. The second-order valence-electron chi connectivity index (χ2n) is 5.03. The smallest absolute Gasteiger partial charge is 0.128 e. The van der Waals surface area contributed by atoms with Gasteiger partial charge < -0.3 is 24.7 Å². The Bertz CT molecular complexity index is 543. The number of epoxide rings is 1. The van der Waals surface area contributed by atoms with E-state index in [4.69, 9.17) is 19.7 Å². The van der Waals surface area contributed by atoms with Crippen molar-refractivity contribution in [3.63, 3.8) is 0 Å². The number of benzene rings is 1. The Morgan fingerprint density at radius 2 is 2.15 bits per heavy atom. The maximum absolute atomic E-state index is 9.07. The molecule has 2 heterocycles. The van der Waals surface area contributed by atoms with Gasteiger partial charge in [0, 0.05) is 22.7 Å². The van der Waals surface area contributed by atoms with Gasteiger partial charge in [0.2, 0.25) is 0 Å². The van der Waals surface area contributed by atoms with Crippen molar-refractivity contribution in [3.8, 4) is 5.75 Å². The standard InChI is InChI=1S/C12H13NO3.C3H8O/c14-5-8-4-10-11(13-8)2-1-3-12(10)16-7-9-6-15-9;1-3(2)4/h1-4,9,13-14H,5-7H2;3-4H,1-2H3. The van der Waals surface area contributed by atoms with E-state index in [-0.39, 0.29) is 18.8 Å². The molecule has 3 N–H and O–H groups in total. The summed E-state index contributed by atoms with van der Waals surface area (Å²) in [6.45, 7) is 4.85. The number of rotatable bonds is 4. The molecule has 110 valence electrons. The number of aromatic nitrogens is 1. The summed E-state index contributed by atoms with van der Waals surface area (Å²) < 4.78 is 10.8. The minimum atomic E-state index is -0.167. The number of fused-ring (bicyclic) bond motifs is 1. The van der Waals surface area contributed by atoms with Crippen molar-refractivity contribution in [1.29, 1.82) is 0 Å². The quantitative estimate of drug-likeness (QED) is 0.746. The van der Waals surface area contributed by atoms with Crippen LogP contribution in [0.2, 0.25) is 0 Å². The van der Waals surface area contributed by atoms with Crippen molar-refractivity contribution in [2.24, 2.45) is 0 Å². The molecule has 0 saturated carbocycles. The van der Waals surface area contributed by atoms with Gasteiger partial charge in [0.05, 0.1) is 13.2 Å². The molecule has 5 nitrogen and oxygen atoms in total. The van der Waals surface area contributed by atoms with E-state index in [2.05, 4.69) is 4.98 Å². The van der Waals surface area contributed by atoms with Gasteiger partial charge in [-0.3, -0.25) is 0 Å². The van der Waals surface area contributed by atoms with Gasteiger partial charge in [-0.1, -0.05) is 6.07 Å². The molecule has 1 fully saturated rings. The van der Waals surface area contributed by atoms with Crippen molar-refractivity contribution >= 4 is 10.9 Å². The fourth-order valence-corrected chi connectivity index (χ4v) is 1.74. The maximum atomic E-state index is 9.07. The molecule has 0 radical (unpaired) electrons. The van der Waals surface area contributed by atoms with Crippen molar-refractivity contribution in [3.05, 3.63) is 30.0 Å². The van der Waals surface area contributed by atoms with Crippen molar-refractivity contribution < 1.29 is 19.7 Å². The predicted molar refractivity (Wildman–Crippen MR) is 76.8 cm³/mol. The first-order valence-electron chi connectivity index (χ1n) is 6.74. The predicted octanol–water partition coefficient (Wildman–Crippen LogP) is 1.82. The van der Waals surface area contributed by atoms with E-state index in [0.29, 0.717) is 6.61 Å². The Hall–Kier alpha value is -1.56. The Morgan fingerprint density at radius 1 is 1.45 bits per heavy atom. The molecule has 20 heavy (non-hydrogen) atoms. The summed E-state index contributed by atoms with van der Waals surface area (Å²) in [6, 6.07) is 7.75. The van der Waals surface area contributed by atoms with Crippen LogP contribution in [-0.4, -0.2) is 40.6 Å². The molecular formula is C15H21NO4. The Labute approximate surface area is 118 Å². The van der Waals surface area contributed by atoms with Crippen LogP contribution in [0.25, 0.3) is 10.9 Å². The van der Waals surface area contributed by atoms with Gasteiger partial charge in [-0.05, 0) is 32.0 Å². The largest absolute Gasteiger partial charge is 0.490 e. The van der Waals surface area contributed by atoms with Gasteiger partial charge in [-0.15, -0.1) is 0 Å². The number of ether oxygens (including phenoxy) is 2. The lowest BCUT2D eigenvalue weighted by Gasteiger charge is -2.04. The summed E-state index contributed by atoms with van der Waals surface area (Å²) in [5.41, 5.74) is 1.78. The second kappa shape index (κ2) is 6.74. The topological polar surface area (TPSA) is 78.0 Å². The average molecular weight is 279 g/mol. The van der Waals surface area contributed by atoms with Crippen LogP contribution < -0.4 is 4.74 Å². The average Bonchev–Trinajstić information content (AvgIpc) is 3.12.